The lowest BCUT2D eigenvalue weighted by Gasteiger charge is -1.89. The van der Waals surface area contributed by atoms with Crippen molar-refractivity contribution in [2.45, 2.75) is 6.92 Å². The molecular formula is C9H7N3O4S. The van der Waals surface area contributed by atoms with Gasteiger partial charge in [0.2, 0.25) is 4.96 Å². The first-order valence-corrected chi connectivity index (χ1v) is 5.34. The number of carbonyl (C=O) groups excluding carboxylic acids is 1. The second-order valence-corrected chi connectivity index (χ2v) is 4.14. The summed E-state index contributed by atoms with van der Waals surface area (Å²) < 4.78 is 5.54. The quantitative estimate of drug-likeness (QED) is 0.574. The molecule has 0 saturated carbocycles. The van der Waals surface area contributed by atoms with Crippen LogP contribution in [-0.4, -0.2) is 27.7 Å². The lowest BCUT2D eigenvalue weighted by Crippen LogP contribution is -2.27. The van der Waals surface area contributed by atoms with Crippen LogP contribution in [0.4, 0.5) is 0 Å². The number of fused-ring (bicyclic) bond motifs is 1. The number of aromatic nitrogens is 3. The average Bonchev–Trinajstić information content (AvgIpc) is 2.57. The van der Waals surface area contributed by atoms with Gasteiger partial charge in [0.25, 0.3) is 11.1 Å². The van der Waals surface area contributed by atoms with Gasteiger partial charge < -0.3 is 4.74 Å². The van der Waals surface area contributed by atoms with Crippen LogP contribution in [0.1, 0.15) is 5.69 Å². The largest absolute Gasteiger partial charge is 0.466 e. The molecule has 0 saturated heterocycles. The molecule has 0 radical (unpaired) electrons. The van der Waals surface area contributed by atoms with E-state index in [1.807, 2.05) is 0 Å². The van der Waals surface area contributed by atoms with Crippen molar-refractivity contribution < 1.29 is 9.53 Å². The van der Waals surface area contributed by atoms with E-state index in [1.165, 1.54) is 14.0 Å². The maximum Gasteiger partial charge on any atom is 0.332 e. The average molecular weight is 253 g/mol. The Bertz CT molecular complexity index is 761. The predicted molar refractivity (Wildman–Crippen MR) is 59.8 cm³/mol. The van der Waals surface area contributed by atoms with E-state index >= 15 is 0 Å². The Balaban J connectivity index is 2.83. The summed E-state index contributed by atoms with van der Waals surface area (Å²) in [6.07, 6.45) is 1.04. The van der Waals surface area contributed by atoms with E-state index in [-0.39, 0.29) is 15.2 Å². The maximum atomic E-state index is 11.8. The van der Waals surface area contributed by atoms with Crippen molar-refractivity contribution in [1.82, 2.24) is 14.6 Å². The van der Waals surface area contributed by atoms with E-state index in [1.54, 1.807) is 0 Å². The summed E-state index contributed by atoms with van der Waals surface area (Å²) in [5.41, 5.74) is -0.858. The number of carbonyl (C=O) groups is 1. The Labute approximate surface area is 98.0 Å². The molecule has 0 spiro atoms. The number of nitrogens with zero attached hydrogens (tertiary/aromatic N) is 3. The van der Waals surface area contributed by atoms with Crippen molar-refractivity contribution in [3.8, 4) is 0 Å². The molecule has 2 heterocycles. The standard InChI is InChI=1S/C9H7N3O4S/c1-4-7(14)10-9-12(11-4)8(15)5(17-9)3-6(13)16-2/h3H,1-2H3/b5-3-. The maximum absolute atomic E-state index is 11.8. The zero-order chi connectivity index (χ0) is 12.6. The van der Waals surface area contributed by atoms with Crippen LogP contribution in [0, 0.1) is 6.92 Å². The van der Waals surface area contributed by atoms with Gasteiger partial charge in [0.1, 0.15) is 10.2 Å². The van der Waals surface area contributed by atoms with Crippen molar-refractivity contribution in [3.63, 3.8) is 0 Å². The minimum Gasteiger partial charge on any atom is -0.466 e. The molecule has 7 nitrogen and oxygen atoms in total. The molecule has 0 amide bonds. The van der Waals surface area contributed by atoms with Crippen molar-refractivity contribution in [2.24, 2.45) is 0 Å². The zero-order valence-electron chi connectivity index (χ0n) is 8.96. The number of ether oxygens (including phenoxy) is 1. The first-order chi connectivity index (χ1) is 8.02. The number of aryl methyl sites for hydroxylation is 1. The van der Waals surface area contributed by atoms with Crippen molar-refractivity contribution in [2.75, 3.05) is 7.11 Å². The highest BCUT2D eigenvalue weighted by atomic mass is 32.1. The lowest BCUT2D eigenvalue weighted by molar-refractivity contribution is -0.133. The number of esters is 1. The molecule has 0 aromatic carbocycles. The first kappa shape index (κ1) is 11.4. The van der Waals surface area contributed by atoms with Crippen LogP contribution in [-0.2, 0) is 9.53 Å². The first-order valence-electron chi connectivity index (χ1n) is 4.53. The molecule has 88 valence electrons. The number of rotatable bonds is 1. The third-order valence-corrected chi connectivity index (χ3v) is 2.95. The van der Waals surface area contributed by atoms with Gasteiger partial charge in [-0.25, -0.2) is 4.79 Å². The van der Waals surface area contributed by atoms with Crippen LogP contribution < -0.4 is 15.7 Å². The van der Waals surface area contributed by atoms with Crippen molar-refractivity contribution >= 4 is 28.3 Å². The molecular weight excluding hydrogens is 246 g/mol. The SMILES string of the molecule is COC(=O)/C=c1\sc2nc(=O)c(C)nn2c1=O. The van der Waals surface area contributed by atoms with E-state index in [4.69, 9.17) is 0 Å². The number of methoxy groups -OCH3 is 1. The molecule has 0 N–H and O–H groups in total. The second kappa shape index (κ2) is 4.06. The lowest BCUT2D eigenvalue weighted by atomic mass is 10.5. The van der Waals surface area contributed by atoms with E-state index in [0.29, 0.717) is 0 Å². The molecule has 0 aliphatic rings. The molecule has 17 heavy (non-hydrogen) atoms. The normalized spacial score (nSPS) is 12.0. The monoisotopic (exact) mass is 253 g/mol. The Kier molecular flexibility index (Phi) is 2.72. The third-order valence-electron chi connectivity index (χ3n) is 1.99. The summed E-state index contributed by atoms with van der Waals surface area (Å²) in [5, 5.41) is 3.80. The van der Waals surface area contributed by atoms with E-state index in [9.17, 15) is 14.4 Å². The summed E-state index contributed by atoms with van der Waals surface area (Å²) >= 11 is 0.911. The highest BCUT2D eigenvalue weighted by Crippen LogP contribution is 1.95. The molecule has 8 heteroatoms. The third kappa shape index (κ3) is 1.94. The Hall–Kier alpha value is -2.09. The summed E-state index contributed by atoms with van der Waals surface area (Å²) in [6.45, 7) is 1.46. The van der Waals surface area contributed by atoms with E-state index < -0.39 is 17.1 Å². The van der Waals surface area contributed by atoms with Gasteiger partial charge in [-0.05, 0) is 6.92 Å². The van der Waals surface area contributed by atoms with Crippen LogP contribution in [0.3, 0.4) is 0 Å². The van der Waals surface area contributed by atoms with Gasteiger partial charge in [0, 0.05) is 6.08 Å². The Morgan fingerprint density at radius 1 is 1.47 bits per heavy atom. The fraction of sp³-hybridized carbons (Fsp3) is 0.222. The van der Waals surface area contributed by atoms with Crippen molar-refractivity contribution in [1.29, 1.82) is 0 Å². The van der Waals surface area contributed by atoms with Gasteiger partial charge in [0.15, 0.2) is 0 Å². The van der Waals surface area contributed by atoms with Gasteiger partial charge in [-0.1, -0.05) is 11.3 Å². The fourth-order valence-electron chi connectivity index (χ4n) is 1.15. The fourth-order valence-corrected chi connectivity index (χ4v) is 2.02. The topological polar surface area (TPSA) is 90.6 Å². The summed E-state index contributed by atoms with van der Waals surface area (Å²) in [4.78, 5) is 37.9. The van der Waals surface area contributed by atoms with E-state index in [2.05, 4.69) is 14.8 Å². The van der Waals surface area contributed by atoms with Gasteiger partial charge in [0.05, 0.1) is 7.11 Å². The summed E-state index contributed by atoms with van der Waals surface area (Å²) in [6, 6.07) is 0. The molecule has 2 aromatic rings. The Morgan fingerprint density at radius 3 is 2.82 bits per heavy atom. The molecule has 0 aliphatic heterocycles. The summed E-state index contributed by atoms with van der Waals surface area (Å²) in [5.74, 6) is -0.645. The van der Waals surface area contributed by atoms with Crippen LogP contribution in [0.25, 0.3) is 11.0 Å². The smallest absolute Gasteiger partial charge is 0.332 e. The van der Waals surface area contributed by atoms with Gasteiger partial charge in [-0.2, -0.15) is 14.6 Å². The predicted octanol–water partition coefficient (Wildman–Crippen LogP) is -1.51. The molecule has 2 aromatic heterocycles. The van der Waals surface area contributed by atoms with Crippen LogP contribution in [0.15, 0.2) is 9.59 Å². The number of thiazole rings is 1. The minimum atomic E-state index is -0.645. The molecule has 0 fully saturated rings. The highest BCUT2D eigenvalue weighted by Gasteiger charge is 2.09. The van der Waals surface area contributed by atoms with Crippen molar-refractivity contribution in [3.05, 3.63) is 30.9 Å². The second-order valence-electron chi connectivity index (χ2n) is 3.14. The molecule has 2 rings (SSSR count). The number of hydrogen-bond acceptors (Lipinski definition) is 7. The van der Waals surface area contributed by atoms with Gasteiger partial charge in [-0.3, -0.25) is 9.59 Å². The zero-order valence-corrected chi connectivity index (χ0v) is 9.78. The molecule has 0 aliphatic carbocycles. The summed E-state index contributed by atoms with van der Waals surface area (Å²) in [7, 11) is 1.21. The highest BCUT2D eigenvalue weighted by molar-refractivity contribution is 7.15. The molecule has 0 unspecified atom stereocenters. The van der Waals surface area contributed by atoms with Crippen LogP contribution >= 0.6 is 11.3 Å². The van der Waals surface area contributed by atoms with Crippen LogP contribution in [0.2, 0.25) is 0 Å². The Morgan fingerprint density at radius 2 is 2.18 bits per heavy atom. The minimum absolute atomic E-state index is 0.127. The van der Waals surface area contributed by atoms with Gasteiger partial charge >= 0.3 is 5.97 Å². The number of hydrogen-bond donors (Lipinski definition) is 0. The molecule has 0 bridgehead atoms. The molecule has 0 atom stereocenters. The van der Waals surface area contributed by atoms with E-state index in [0.717, 1.165) is 21.9 Å². The van der Waals surface area contributed by atoms with Crippen LogP contribution in [0.5, 0.6) is 0 Å². The van der Waals surface area contributed by atoms with Gasteiger partial charge in [-0.15, -0.1) is 0 Å².